The van der Waals surface area contributed by atoms with Gasteiger partial charge in [0.15, 0.2) is 0 Å². The maximum absolute atomic E-state index is 8.79. The molecule has 4 heteroatoms. The van der Waals surface area contributed by atoms with Crippen molar-refractivity contribution < 1.29 is 0 Å². The molecule has 0 radical (unpaired) electrons. The van der Waals surface area contributed by atoms with Crippen molar-refractivity contribution in [3.05, 3.63) is 22.8 Å². The predicted octanol–water partition coefficient (Wildman–Crippen LogP) is 2.99. The lowest BCUT2D eigenvalue weighted by atomic mass is 9.95. The molecule has 0 atom stereocenters. The predicted molar refractivity (Wildman–Crippen MR) is 67.1 cm³/mol. The molecule has 1 aliphatic heterocycles. The normalized spacial score (nSPS) is 21.3. The van der Waals surface area contributed by atoms with Crippen molar-refractivity contribution >= 4 is 17.4 Å². The summed E-state index contributed by atoms with van der Waals surface area (Å²) in [6.07, 6.45) is 6.86. The van der Waals surface area contributed by atoms with E-state index >= 15 is 0 Å². The minimum absolute atomic E-state index is 0.525. The number of rotatable bonds is 1. The van der Waals surface area contributed by atoms with Crippen molar-refractivity contribution in [3.8, 4) is 6.07 Å². The van der Waals surface area contributed by atoms with Crippen LogP contribution in [0.1, 0.15) is 31.2 Å². The Hall–Kier alpha value is -1.27. The molecule has 3 nitrogen and oxygen atoms in total. The highest BCUT2D eigenvalue weighted by molar-refractivity contribution is 6.33. The smallest absolute Gasteiger partial charge is 0.147 e. The zero-order valence-electron chi connectivity index (χ0n) is 9.62. The standard InChI is InChI=1S/C13H14ClN3/c14-11-6-10(7-15)8-16-12(11)17-5-1-2-13(9-17)3-4-13/h6,8H,1-5,9H2. The van der Waals surface area contributed by atoms with E-state index in [1.54, 1.807) is 12.3 Å². The van der Waals surface area contributed by atoms with Crippen LogP contribution in [-0.4, -0.2) is 18.1 Å². The van der Waals surface area contributed by atoms with Crippen LogP contribution in [0.5, 0.6) is 0 Å². The van der Waals surface area contributed by atoms with Gasteiger partial charge in [0.25, 0.3) is 0 Å². The van der Waals surface area contributed by atoms with Gasteiger partial charge in [-0.3, -0.25) is 0 Å². The van der Waals surface area contributed by atoms with Gasteiger partial charge in [0.05, 0.1) is 10.6 Å². The van der Waals surface area contributed by atoms with Gasteiger partial charge >= 0.3 is 0 Å². The Kier molecular flexibility index (Phi) is 2.48. The first-order valence-corrected chi connectivity index (χ1v) is 6.41. The van der Waals surface area contributed by atoms with Crippen LogP contribution < -0.4 is 4.90 Å². The van der Waals surface area contributed by atoms with Gasteiger partial charge in [0, 0.05) is 19.3 Å². The zero-order chi connectivity index (χ0) is 11.9. The van der Waals surface area contributed by atoms with Gasteiger partial charge in [0.2, 0.25) is 0 Å². The van der Waals surface area contributed by atoms with Crippen LogP contribution >= 0.6 is 11.6 Å². The average Bonchev–Trinajstić information content (AvgIpc) is 3.08. The molecule has 1 spiro atoms. The van der Waals surface area contributed by atoms with E-state index in [0.29, 0.717) is 16.0 Å². The summed E-state index contributed by atoms with van der Waals surface area (Å²) >= 11 is 6.20. The molecule has 1 saturated heterocycles. The Labute approximate surface area is 106 Å². The molecule has 2 heterocycles. The molecular weight excluding hydrogens is 234 g/mol. The SMILES string of the molecule is N#Cc1cnc(N2CCCC3(CC3)C2)c(Cl)c1. The summed E-state index contributed by atoms with van der Waals surface area (Å²) < 4.78 is 0. The Balaban J connectivity index is 1.86. The van der Waals surface area contributed by atoms with E-state index in [9.17, 15) is 0 Å². The van der Waals surface area contributed by atoms with Gasteiger partial charge in [0.1, 0.15) is 11.9 Å². The first kappa shape index (κ1) is 10.9. The summed E-state index contributed by atoms with van der Waals surface area (Å²) in [5.74, 6) is 0.844. The number of anilines is 1. The van der Waals surface area contributed by atoms with Gasteiger partial charge in [-0.15, -0.1) is 0 Å². The second kappa shape index (κ2) is 3.89. The van der Waals surface area contributed by atoms with Crippen molar-refractivity contribution in [2.24, 2.45) is 5.41 Å². The van der Waals surface area contributed by atoms with Gasteiger partial charge in [-0.05, 0) is 37.2 Å². The van der Waals surface area contributed by atoms with Crippen molar-refractivity contribution in [3.63, 3.8) is 0 Å². The summed E-state index contributed by atoms with van der Waals surface area (Å²) in [5.41, 5.74) is 1.08. The summed E-state index contributed by atoms with van der Waals surface area (Å²) in [6.45, 7) is 2.10. The lowest BCUT2D eigenvalue weighted by molar-refractivity contribution is 0.393. The minimum atomic E-state index is 0.525. The first-order chi connectivity index (χ1) is 8.22. The maximum Gasteiger partial charge on any atom is 0.147 e. The maximum atomic E-state index is 8.79. The van der Waals surface area contributed by atoms with Crippen LogP contribution in [0.25, 0.3) is 0 Å². The Bertz CT molecular complexity index is 488. The third kappa shape index (κ3) is 1.98. The highest BCUT2D eigenvalue weighted by Crippen LogP contribution is 2.52. The highest BCUT2D eigenvalue weighted by Gasteiger charge is 2.45. The molecule has 0 bridgehead atoms. The molecule has 0 N–H and O–H groups in total. The molecule has 88 valence electrons. The number of hydrogen-bond donors (Lipinski definition) is 0. The van der Waals surface area contributed by atoms with Crippen LogP contribution in [0.15, 0.2) is 12.3 Å². The van der Waals surface area contributed by atoms with Crippen molar-refractivity contribution in [1.82, 2.24) is 4.98 Å². The number of pyridine rings is 1. The highest BCUT2D eigenvalue weighted by atomic mass is 35.5. The molecule has 2 fully saturated rings. The fraction of sp³-hybridized carbons (Fsp3) is 0.538. The molecule has 1 saturated carbocycles. The third-order valence-corrected chi connectivity index (χ3v) is 4.15. The van der Waals surface area contributed by atoms with Crippen LogP contribution in [0, 0.1) is 16.7 Å². The van der Waals surface area contributed by atoms with E-state index in [-0.39, 0.29) is 0 Å². The molecule has 3 rings (SSSR count). The molecule has 1 aromatic rings. The number of halogens is 1. The van der Waals surface area contributed by atoms with Crippen LogP contribution in [0.3, 0.4) is 0 Å². The van der Waals surface area contributed by atoms with Crippen molar-refractivity contribution in [2.45, 2.75) is 25.7 Å². The summed E-state index contributed by atoms with van der Waals surface area (Å²) in [7, 11) is 0. The average molecular weight is 248 g/mol. The topological polar surface area (TPSA) is 39.9 Å². The molecule has 17 heavy (non-hydrogen) atoms. The van der Waals surface area contributed by atoms with Crippen molar-refractivity contribution in [2.75, 3.05) is 18.0 Å². The van der Waals surface area contributed by atoms with Crippen LogP contribution in [0.4, 0.5) is 5.82 Å². The Morgan fingerprint density at radius 1 is 1.41 bits per heavy atom. The summed E-state index contributed by atoms with van der Waals surface area (Å²) in [6, 6.07) is 3.77. The van der Waals surface area contributed by atoms with Crippen molar-refractivity contribution in [1.29, 1.82) is 5.26 Å². The van der Waals surface area contributed by atoms with E-state index in [4.69, 9.17) is 16.9 Å². The quantitative estimate of drug-likeness (QED) is 0.766. The minimum Gasteiger partial charge on any atom is -0.355 e. The largest absolute Gasteiger partial charge is 0.355 e. The van der Waals surface area contributed by atoms with E-state index in [1.165, 1.54) is 25.7 Å². The first-order valence-electron chi connectivity index (χ1n) is 6.03. The lowest BCUT2D eigenvalue weighted by Crippen LogP contribution is -2.37. The van der Waals surface area contributed by atoms with Crippen LogP contribution in [-0.2, 0) is 0 Å². The van der Waals surface area contributed by atoms with Gasteiger partial charge in [-0.25, -0.2) is 4.98 Å². The molecule has 0 unspecified atom stereocenters. The fourth-order valence-electron chi connectivity index (χ4n) is 2.70. The van der Waals surface area contributed by atoms with E-state index in [1.807, 2.05) is 0 Å². The number of nitriles is 1. The van der Waals surface area contributed by atoms with E-state index < -0.39 is 0 Å². The van der Waals surface area contributed by atoms with Crippen LogP contribution in [0.2, 0.25) is 5.02 Å². The fourth-order valence-corrected chi connectivity index (χ4v) is 2.98. The number of nitrogens with zero attached hydrogens (tertiary/aromatic N) is 3. The van der Waals surface area contributed by atoms with Gasteiger partial charge in [-0.2, -0.15) is 5.26 Å². The summed E-state index contributed by atoms with van der Waals surface area (Å²) in [5, 5.41) is 9.39. The third-order valence-electron chi connectivity index (χ3n) is 3.87. The zero-order valence-corrected chi connectivity index (χ0v) is 10.4. The van der Waals surface area contributed by atoms with E-state index in [2.05, 4.69) is 16.0 Å². The number of piperidine rings is 1. The second-order valence-electron chi connectivity index (χ2n) is 5.17. The molecule has 1 aromatic heterocycles. The molecular formula is C13H14ClN3. The van der Waals surface area contributed by atoms with Gasteiger partial charge < -0.3 is 4.90 Å². The van der Waals surface area contributed by atoms with E-state index in [0.717, 1.165) is 18.9 Å². The lowest BCUT2D eigenvalue weighted by Gasteiger charge is -2.34. The summed E-state index contributed by atoms with van der Waals surface area (Å²) in [4.78, 5) is 6.62. The molecule has 0 amide bonds. The van der Waals surface area contributed by atoms with Gasteiger partial charge in [-0.1, -0.05) is 11.6 Å². The number of aromatic nitrogens is 1. The second-order valence-corrected chi connectivity index (χ2v) is 5.57. The monoisotopic (exact) mass is 247 g/mol. The Morgan fingerprint density at radius 2 is 2.24 bits per heavy atom. The molecule has 0 aromatic carbocycles. The number of hydrogen-bond acceptors (Lipinski definition) is 3. The molecule has 2 aliphatic rings. The Morgan fingerprint density at radius 3 is 2.88 bits per heavy atom. The molecule has 1 aliphatic carbocycles.